The molecule has 1 N–H and O–H groups in total. The Morgan fingerprint density at radius 2 is 2.38 bits per heavy atom. The summed E-state index contributed by atoms with van der Waals surface area (Å²) in [6.45, 7) is 7.78. The molecule has 0 atom stereocenters. The fourth-order valence-electron chi connectivity index (χ4n) is 2.40. The number of aromatic nitrogens is 2. The molecule has 0 bridgehead atoms. The molecule has 0 aromatic carbocycles. The normalized spacial score (nSPS) is 13.5. The topological polar surface area (TPSA) is 59.4 Å². The maximum absolute atomic E-state index is 12.0. The highest BCUT2D eigenvalue weighted by atomic mass is 32.1. The molecule has 0 saturated carbocycles. The lowest BCUT2D eigenvalue weighted by Gasteiger charge is -2.29. The SMILES string of the molecule is C=CCNC(=S)N1CCc2c(c(C(=O)OCC)nn2C)C1. The lowest BCUT2D eigenvalue weighted by Crippen LogP contribution is -2.43. The molecule has 0 saturated heterocycles. The van der Waals surface area contributed by atoms with Crippen molar-refractivity contribution in [1.29, 1.82) is 0 Å². The van der Waals surface area contributed by atoms with Crippen molar-refractivity contribution in [3.63, 3.8) is 0 Å². The molecule has 2 rings (SSSR count). The summed E-state index contributed by atoms with van der Waals surface area (Å²) in [5.74, 6) is -0.374. The van der Waals surface area contributed by atoms with Crippen LogP contribution in [0.3, 0.4) is 0 Å². The number of ether oxygens (including phenoxy) is 1. The molecule has 6 nitrogen and oxygen atoms in total. The largest absolute Gasteiger partial charge is 0.461 e. The summed E-state index contributed by atoms with van der Waals surface area (Å²) in [7, 11) is 1.85. The molecule has 0 spiro atoms. The second-order valence-electron chi connectivity index (χ2n) is 4.76. The minimum absolute atomic E-state index is 0.340. The van der Waals surface area contributed by atoms with E-state index in [9.17, 15) is 4.79 Å². The van der Waals surface area contributed by atoms with Crippen molar-refractivity contribution < 1.29 is 9.53 Å². The van der Waals surface area contributed by atoms with E-state index in [1.54, 1.807) is 17.7 Å². The van der Waals surface area contributed by atoms with Crippen LogP contribution in [0.2, 0.25) is 0 Å². The van der Waals surface area contributed by atoms with Crippen molar-refractivity contribution in [3.8, 4) is 0 Å². The first-order valence-electron chi connectivity index (χ1n) is 6.94. The number of hydrogen-bond acceptors (Lipinski definition) is 4. The minimum Gasteiger partial charge on any atom is -0.461 e. The number of nitrogens with zero attached hydrogens (tertiary/aromatic N) is 3. The molecular weight excluding hydrogens is 288 g/mol. The van der Waals surface area contributed by atoms with Gasteiger partial charge >= 0.3 is 5.97 Å². The molecule has 7 heteroatoms. The molecule has 0 unspecified atom stereocenters. The van der Waals surface area contributed by atoms with Crippen molar-refractivity contribution in [1.82, 2.24) is 20.0 Å². The Bertz CT molecular complexity index is 568. The van der Waals surface area contributed by atoms with Gasteiger partial charge in [0.2, 0.25) is 0 Å². The van der Waals surface area contributed by atoms with Gasteiger partial charge in [0.1, 0.15) is 0 Å². The molecular formula is C14H20N4O2S. The molecule has 0 radical (unpaired) electrons. The maximum atomic E-state index is 12.0. The maximum Gasteiger partial charge on any atom is 0.359 e. The average molecular weight is 308 g/mol. The Kier molecular flexibility index (Phi) is 4.95. The lowest BCUT2D eigenvalue weighted by atomic mass is 10.1. The molecule has 0 amide bonds. The summed E-state index contributed by atoms with van der Waals surface area (Å²) in [5, 5.41) is 8.08. The van der Waals surface area contributed by atoms with E-state index in [1.165, 1.54) is 0 Å². The zero-order valence-electron chi connectivity index (χ0n) is 12.4. The van der Waals surface area contributed by atoms with E-state index in [4.69, 9.17) is 17.0 Å². The molecule has 2 heterocycles. The first kappa shape index (κ1) is 15.5. The van der Waals surface area contributed by atoms with Crippen molar-refractivity contribution >= 4 is 23.3 Å². The average Bonchev–Trinajstić information content (AvgIpc) is 2.82. The molecule has 114 valence electrons. The van der Waals surface area contributed by atoms with Crippen molar-refractivity contribution in [3.05, 3.63) is 29.6 Å². The van der Waals surface area contributed by atoms with Gasteiger partial charge in [-0.15, -0.1) is 6.58 Å². The van der Waals surface area contributed by atoms with E-state index in [-0.39, 0.29) is 5.97 Å². The number of rotatable bonds is 4. The molecule has 1 aliphatic rings. The smallest absolute Gasteiger partial charge is 0.359 e. The number of aryl methyl sites for hydroxylation is 1. The third kappa shape index (κ3) is 3.24. The second kappa shape index (κ2) is 6.71. The van der Waals surface area contributed by atoms with Gasteiger partial charge in [0.25, 0.3) is 0 Å². The van der Waals surface area contributed by atoms with Gasteiger partial charge in [0, 0.05) is 44.4 Å². The first-order valence-corrected chi connectivity index (χ1v) is 7.34. The first-order chi connectivity index (χ1) is 10.1. The number of esters is 1. The van der Waals surface area contributed by atoms with Gasteiger partial charge in [-0.3, -0.25) is 4.68 Å². The van der Waals surface area contributed by atoms with Gasteiger partial charge in [-0.1, -0.05) is 6.08 Å². The molecule has 1 aromatic rings. The second-order valence-corrected chi connectivity index (χ2v) is 5.15. The van der Waals surface area contributed by atoms with Crippen molar-refractivity contribution in [2.45, 2.75) is 19.9 Å². The number of carbonyl (C=O) groups is 1. The predicted octanol–water partition coefficient (Wildman–Crippen LogP) is 1.02. The fourth-order valence-corrected chi connectivity index (χ4v) is 2.64. The highest BCUT2D eigenvalue weighted by Crippen LogP contribution is 2.22. The van der Waals surface area contributed by atoms with Gasteiger partial charge in [-0.2, -0.15) is 5.10 Å². The van der Waals surface area contributed by atoms with E-state index in [2.05, 4.69) is 17.0 Å². The Morgan fingerprint density at radius 3 is 3.05 bits per heavy atom. The van der Waals surface area contributed by atoms with Crippen molar-refractivity contribution in [2.24, 2.45) is 7.05 Å². The van der Waals surface area contributed by atoms with E-state index >= 15 is 0 Å². The number of thiocarbonyl (C=S) groups is 1. The molecule has 1 aromatic heterocycles. The van der Waals surface area contributed by atoms with Crippen LogP contribution < -0.4 is 5.32 Å². The van der Waals surface area contributed by atoms with Crippen LogP contribution >= 0.6 is 12.2 Å². The molecule has 0 fully saturated rings. The summed E-state index contributed by atoms with van der Waals surface area (Å²) in [6, 6.07) is 0. The predicted molar refractivity (Wildman–Crippen MR) is 84.1 cm³/mol. The number of hydrogen-bond donors (Lipinski definition) is 1. The standard InChI is InChI=1S/C14H20N4O2S/c1-4-7-15-14(21)18-8-6-11-10(9-18)12(16-17(11)3)13(19)20-5-2/h4H,1,5-9H2,2-3H3,(H,15,21). The lowest BCUT2D eigenvalue weighted by molar-refractivity contribution is 0.0516. The monoisotopic (exact) mass is 308 g/mol. The Morgan fingerprint density at radius 1 is 1.62 bits per heavy atom. The van der Waals surface area contributed by atoms with Gasteiger partial charge in [0.05, 0.1) is 6.61 Å². The van der Waals surface area contributed by atoms with Crippen LogP contribution in [0, 0.1) is 0 Å². The quantitative estimate of drug-likeness (QED) is 0.509. The number of nitrogens with one attached hydrogen (secondary N) is 1. The van der Waals surface area contributed by atoms with Crippen LogP contribution in [0.1, 0.15) is 28.7 Å². The van der Waals surface area contributed by atoms with Gasteiger partial charge < -0.3 is 15.0 Å². The van der Waals surface area contributed by atoms with Crippen LogP contribution in [-0.2, 0) is 24.8 Å². The number of carbonyl (C=O) groups excluding carboxylic acids is 1. The highest BCUT2D eigenvalue weighted by Gasteiger charge is 2.28. The van der Waals surface area contributed by atoms with Crippen LogP contribution in [0.5, 0.6) is 0 Å². The molecule has 1 aliphatic heterocycles. The van der Waals surface area contributed by atoms with Crippen LogP contribution in [0.4, 0.5) is 0 Å². The van der Waals surface area contributed by atoms with E-state index in [0.717, 1.165) is 24.2 Å². The van der Waals surface area contributed by atoms with Gasteiger partial charge in [-0.05, 0) is 19.1 Å². The highest BCUT2D eigenvalue weighted by molar-refractivity contribution is 7.80. The fraction of sp³-hybridized carbons (Fsp3) is 0.500. The molecule has 21 heavy (non-hydrogen) atoms. The summed E-state index contributed by atoms with van der Waals surface area (Å²) in [5.41, 5.74) is 2.37. The van der Waals surface area contributed by atoms with E-state index in [1.807, 2.05) is 11.9 Å². The summed E-state index contributed by atoms with van der Waals surface area (Å²) in [4.78, 5) is 14.0. The van der Waals surface area contributed by atoms with Crippen molar-refractivity contribution in [2.75, 3.05) is 19.7 Å². The Hall–Kier alpha value is -1.89. The Labute approximate surface area is 129 Å². The third-order valence-electron chi connectivity index (χ3n) is 3.40. The van der Waals surface area contributed by atoms with Gasteiger partial charge in [0.15, 0.2) is 10.8 Å². The zero-order chi connectivity index (χ0) is 15.4. The Balaban J connectivity index is 2.20. The van der Waals surface area contributed by atoms with Gasteiger partial charge in [-0.25, -0.2) is 4.79 Å². The minimum atomic E-state index is -0.374. The van der Waals surface area contributed by atoms with Crippen LogP contribution in [0.15, 0.2) is 12.7 Å². The molecule has 0 aliphatic carbocycles. The van der Waals surface area contributed by atoms with E-state index < -0.39 is 0 Å². The summed E-state index contributed by atoms with van der Waals surface area (Å²) >= 11 is 5.36. The van der Waals surface area contributed by atoms with Crippen LogP contribution in [0.25, 0.3) is 0 Å². The summed E-state index contributed by atoms with van der Waals surface area (Å²) in [6.07, 6.45) is 2.56. The van der Waals surface area contributed by atoms with Crippen LogP contribution in [-0.4, -0.2) is 45.5 Å². The van der Waals surface area contributed by atoms with E-state index in [0.29, 0.717) is 30.5 Å². The zero-order valence-corrected chi connectivity index (χ0v) is 13.2. The third-order valence-corrected chi connectivity index (χ3v) is 3.80. The number of fused-ring (bicyclic) bond motifs is 1. The summed E-state index contributed by atoms with van der Waals surface area (Å²) < 4.78 is 6.84.